The van der Waals surface area contributed by atoms with Crippen LogP contribution in [0.1, 0.15) is 39.9 Å². The van der Waals surface area contributed by atoms with Crippen LogP contribution in [0.3, 0.4) is 0 Å². The highest BCUT2D eigenvalue weighted by Gasteiger charge is 2.30. The third kappa shape index (κ3) is 4.95. The van der Waals surface area contributed by atoms with Gasteiger partial charge in [-0.05, 0) is 35.7 Å². The first-order chi connectivity index (χ1) is 13.1. The molecule has 3 heterocycles. The lowest BCUT2D eigenvalue weighted by atomic mass is 9.95. The van der Waals surface area contributed by atoms with E-state index < -0.39 is 0 Å². The zero-order valence-electron chi connectivity index (χ0n) is 15.1. The number of methoxy groups -OCH3 is 1. The standard InChI is InChI=1S/C19H22N2O4S2/c1-25-17(22)12-14(15-4-2-10-26-15)20-18(23)13-6-8-21(9-7-13)19(24)16-5-3-11-27-16/h2-5,10-11,13-14H,6-9,12H2,1H3,(H,20,23). The number of piperidine rings is 1. The lowest BCUT2D eigenvalue weighted by Gasteiger charge is -2.31. The SMILES string of the molecule is COC(=O)CC(NC(=O)C1CCN(C(=O)c2cccs2)CC1)c1cccs1. The van der Waals surface area contributed by atoms with Gasteiger partial charge in [0.15, 0.2) is 0 Å². The van der Waals surface area contributed by atoms with Crippen molar-refractivity contribution >= 4 is 40.5 Å². The van der Waals surface area contributed by atoms with E-state index in [0.717, 1.165) is 9.75 Å². The summed E-state index contributed by atoms with van der Waals surface area (Å²) in [6.07, 6.45) is 1.36. The van der Waals surface area contributed by atoms with Gasteiger partial charge in [0.2, 0.25) is 5.91 Å². The molecule has 0 aliphatic carbocycles. The predicted molar refractivity (Wildman–Crippen MR) is 105 cm³/mol. The van der Waals surface area contributed by atoms with Crippen molar-refractivity contribution in [2.75, 3.05) is 20.2 Å². The van der Waals surface area contributed by atoms with E-state index in [1.165, 1.54) is 29.8 Å². The largest absolute Gasteiger partial charge is 0.469 e. The Labute approximate surface area is 166 Å². The molecule has 1 aliphatic heterocycles. The summed E-state index contributed by atoms with van der Waals surface area (Å²) in [5, 5.41) is 6.80. The molecular weight excluding hydrogens is 384 g/mol. The molecule has 0 bridgehead atoms. The fourth-order valence-electron chi connectivity index (χ4n) is 3.15. The van der Waals surface area contributed by atoms with Crippen molar-refractivity contribution in [3.8, 4) is 0 Å². The summed E-state index contributed by atoms with van der Waals surface area (Å²) in [7, 11) is 1.34. The summed E-state index contributed by atoms with van der Waals surface area (Å²) >= 11 is 2.93. The van der Waals surface area contributed by atoms with Gasteiger partial charge in [-0.2, -0.15) is 0 Å². The quantitative estimate of drug-likeness (QED) is 0.748. The molecule has 27 heavy (non-hydrogen) atoms. The van der Waals surface area contributed by atoms with E-state index in [1.54, 1.807) is 4.90 Å². The number of hydrogen-bond acceptors (Lipinski definition) is 6. The topological polar surface area (TPSA) is 75.7 Å². The lowest BCUT2D eigenvalue weighted by Crippen LogP contribution is -2.43. The van der Waals surface area contributed by atoms with E-state index in [4.69, 9.17) is 4.74 Å². The number of ether oxygens (including phenoxy) is 1. The molecule has 1 saturated heterocycles. The first-order valence-corrected chi connectivity index (χ1v) is 10.6. The van der Waals surface area contributed by atoms with Gasteiger partial charge in [0.25, 0.3) is 5.91 Å². The van der Waals surface area contributed by atoms with Crippen molar-refractivity contribution in [3.05, 3.63) is 44.8 Å². The Hall–Kier alpha value is -2.19. The minimum Gasteiger partial charge on any atom is -0.469 e. The van der Waals surface area contributed by atoms with Crippen molar-refractivity contribution in [1.82, 2.24) is 10.2 Å². The Bertz CT molecular complexity index is 766. The van der Waals surface area contributed by atoms with Crippen LogP contribution in [0, 0.1) is 5.92 Å². The van der Waals surface area contributed by atoms with Gasteiger partial charge in [0.1, 0.15) is 0 Å². The van der Waals surface area contributed by atoms with Crippen LogP contribution in [0.4, 0.5) is 0 Å². The van der Waals surface area contributed by atoms with Crippen molar-refractivity contribution in [2.24, 2.45) is 5.92 Å². The zero-order valence-corrected chi connectivity index (χ0v) is 16.7. The first kappa shape index (κ1) is 19.6. The van der Waals surface area contributed by atoms with Crippen LogP contribution in [-0.4, -0.2) is 42.9 Å². The number of likely N-dealkylation sites (tertiary alicyclic amines) is 1. The smallest absolute Gasteiger partial charge is 0.307 e. The normalized spacial score (nSPS) is 16.0. The number of carbonyl (C=O) groups is 3. The molecule has 8 heteroatoms. The summed E-state index contributed by atoms with van der Waals surface area (Å²) in [4.78, 5) is 40.3. The number of hydrogen-bond donors (Lipinski definition) is 1. The average Bonchev–Trinajstić information content (AvgIpc) is 3.40. The molecule has 3 rings (SSSR count). The molecule has 1 atom stereocenters. The third-order valence-electron chi connectivity index (χ3n) is 4.69. The second-order valence-corrected chi connectivity index (χ2v) is 8.33. The molecule has 0 saturated carbocycles. The maximum atomic E-state index is 12.7. The van der Waals surface area contributed by atoms with E-state index in [0.29, 0.717) is 25.9 Å². The maximum Gasteiger partial charge on any atom is 0.307 e. The molecule has 1 aliphatic rings. The minimum atomic E-state index is -0.379. The molecule has 0 radical (unpaired) electrons. The van der Waals surface area contributed by atoms with Gasteiger partial charge in [0, 0.05) is 23.9 Å². The van der Waals surface area contributed by atoms with E-state index in [1.807, 2.05) is 35.0 Å². The van der Waals surface area contributed by atoms with Crippen LogP contribution in [0.2, 0.25) is 0 Å². The Balaban J connectivity index is 1.56. The van der Waals surface area contributed by atoms with E-state index in [2.05, 4.69) is 5.32 Å². The molecule has 1 N–H and O–H groups in total. The van der Waals surface area contributed by atoms with E-state index in [9.17, 15) is 14.4 Å². The van der Waals surface area contributed by atoms with Crippen molar-refractivity contribution < 1.29 is 19.1 Å². The van der Waals surface area contributed by atoms with Crippen LogP contribution >= 0.6 is 22.7 Å². The maximum absolute atomic E-state index is 12.7. The third-order valence-corrected chi connectivity index (χ3v) is 6.53. The van der Waals surface area contributed by atoms with Gasteiger partial charge in [-0.1, -0.05) is 12.1 Å². The molecule has 1 fully saturated rings. The Morgan fingerprint density at radius 1 is 1.19 bits per heavy atom. The molecule has 2 amide bonds. The molecule has 1 unspecified atom stereocenters. The summed E-state index contributed by atoms with van der Waals surface area (Å²) in [5.41, 5.74) is 0. The molecule has 0 aromatic carbocycles. The number of amides is 2. The van der Waals surface area contributed by atoms with Crippen LogP contribution in [0.15, 0.2) is 35.0 Å². The zero-order chi connectivity index (χ0) is 19.2. The number of carbonyl (C=O) groups excluding carboxylic acids is 3. The predicted octanol–water partition coefficient (Wildman–Crippen LogP) is 3.08. The number of esters is 1. The Morgan fingerprint density at radius 2 is 1.89 bits per heavy atom. The van der Waals surface area contributed by atoms with Gasteiger partial charge in [-0.3, -0.25) is 14.4 Å². The molecule has 0 spiro atoms. The lowest BCUT2D eigenvalue weighted by molar-refractivity contribution is -0.141. The Kier molecular flexibility index (Phi) is 6.63. The van der Waals surface area contributed by atoms with Gasteiger partial charge < -0.3 is 15.0 Å². The number of nitrogens with one attached hydrogen (secondary N) is 1. The van der Waals surface area contributed by atoms with Crippen molar-refractivity contribution in [1.29, 1.82) is 0 Å². The van der Waals surface area contributed by atoms with Crippen molar-refractivity contribution in [3.63, 3.8) is 0 Å². The minimum absolute atomic E-state index is 0.0333. The van der Waals surface area contributed by atoms with Gasteiger partial charge >= 0.3 is 5.97 Å². The number of rotatable bonds is 6. The summed E-state index contributed by atoms with van der Waals surface area (Å²) in [6.45, 7) is 1.13. The highest BCUT2D eigenvalue weighted by atomic mass is 32.1. The highest BCUT2D eigenvalue weighted by Crippen LogP contribution is 2.25. The fraction of sp³-hybridized carbons (Fsp3) is 0.421. The second kappa shape index (κ2) is 9.14. The summed E-state index contributed by atoms with van der Waals surface area (Å²) < 4.78 is 4.75. The Morgan fingerprint density at radius 3 is 2.48 bits per heavy atom. The van der Waals surface area contributed by atoms with E-state index in [-0.39, 0.29) is 36.2 Å². The molecule has 2 aromatic rings. The number of thiophene rings is 2. The number of nitrogens with zero attached hydrogens (tertiary/aromatic N) is 1. The van der Waals surface area contributed by atoms with Gasteiger partial charge in [-0.25, -0.2) is 0 Å². The van der Waals surface area contributed by atoms with Crippen LogP contribution in [-0.2, 0) is 14.3 Å². The molecule has 144 valence electrons. The summed E-state index contributed by atoms with van der Waals surface area (Å²) in [5.74, 6) is -0.547. The first-order valence-electron chi connectivity index (χ1n) is 8.82. The van der Waals surface area contributed by atoms with Crippen LogP contribution < -0.4 is 5.32 Å². The van der Waals surface area contributed by atoms with Crippen molar-refractivity contribution in [2.45, 2.75) is 25.3 Å². The molecule has 2 aromatic heterocycles. The van der Waals surface area contributed by atoms with E-state index >= 15 is 0 Å². The second-order valence-electron chi connectivity index (χ2n) is 6.40. The molecular formula is C19H22N2O4S2. The van der Waals surface area contributed by atoms with Gasteiger partial charge in [-0.15, -0.1) is 22.7 Å². The molecule has 6 nitrogen and oxygen atoms in total. The summed E-state index contributed by atoms with van der Waals surface area (Å²) in [6, 6.07) is 7.11. The highest BCUT2D eigenvalue weighted by molar-refractivity contribution is 7.12. The van der Waals surface area contributed by atoms with Gasteiger partial charge in [0.05, 0.1) is 24.4 Å². The monoisotopic (exact) mass is 406 g/mol. The fourth-order valence-corrected chi connectivity index (χ4v) is 4.62. The average molecular weight is 407 g/mol. The van der Waals surface area contributed by atoms with Crippen LogP contribution in [0.25, 0.3) is 0 Å². The van der Waals surface area contributed by atoms with Crippen LogP contribution in [0.5, 0.6) is 0 Å².